The van der Waals surface area contributed by atoms with Gasteiger partial charge in [0.2, 0.25) is 0 Å². The van der Waals surface area contributed by atoms with E-state index < -0.39 is 12.4 Å². The van der Waals surface area contributed by atoms with Gasteiger partial charge < -0.3 is 14.2 Å². The van der Waals surface area contributed by atoms with E-state index >= 15 is 0 Å². The summed E-state index contributed by atoms with van der Waals surface area (Å²) in [5.74, 6) is -0.378. The van der Waals surface area contributed by atoms with Crippen LogP contribution < -0.4 is 0 Å². The standard InChI is InChI=1S/C17H14Br2O4/c18-13-5-1-11(2-6-13)16(20)23-15-9-21-17(22-10-15)12-3-7-14(19)8-4-12/h1-8,15,17H,9-10H2. The molecule has 1 heterocycles. The number of benzene rings is 2. The Kier molecular flexibility index (Phi) is 5.48. The van der Waals surface area contributed by atoms with Gasteiger partial charge in [0.25, 0.3) is 0 Å². The van der Waals surface area contributed by atoms with Crippen molar-refractivity contribution in [1.29, 1.82) is 0 Å². The van der Waals surface area contributed by atoms with Crippen LogP contribution in [-0.4, -0.2) is 25.3 Å². The first kappa shape index (κ1) is 16.6. The molecule has 2 aromatic rings. The Balaban J connectivity index is 1.53. The van der Waals surface area contributed by atoms with Crippen LogP contribution in [0.3, 0.4) is 0 Å². The molecule has 0 aromatic heterocycles. The predicted octanol–water partition coefficient (Wildman–Crippen LogP) is 4.48. The third-order valence-electron chi connectivity index (χ3n) is 3.36. The second-order valence-corrected chi connectivity index (χ2v) is 6.92. The molecule has 1 aliphatic heterocycles. The number of rotatable bonds is 3. The molecule has 0 unspecified atom stereocenters. The van der Waals surface area contributed by atoms with E-state index in [0.29, 0.717) is 18.8 Å². The maximum atomic E-state index is 12.1. The normalized spacial score (nSPS) is 21.0. The van der Waals surface area contributed by atoms with E-state index in [1.165, 1.54) is 0 Å². The second-order valence-electron chi connectivity index (χ2n) is 5.08. The average molecular weight is 442 g/mol. The zero-order valence-electron chi connectivity index (χ0n) is 12.1. The van der Waals surface area contributed by atoms with E-state index in [2.05, 4.69) is 31.9 Å². The molecule has 23 heavy (non-hydrogen) atoms. The van der Waals surface area contributed by atoms with Crippen molar-refractivity contribution in [3.8, 4) is 0 Å². The highest BCUT2D eigenvalue weighted by Crippen LogP contribution is 2.25. The maximum Gasteiger partial charge on any atom is 0.338 e. The first-order chi connectivity index (χ1) is 11.1. The van der Waals surface area contributed by atoms with E-state index in [0.717, 1.165) is 14.5 Å². The molecule has 0 saturated carbocycles. The molecule has 0 amide bonds. The summed E-state index contributed by atoms with van der Waals surface area (Å²) in [4.78, 5) is 12.1. The van der Waals surface area contributed by atoms with Gasteiger partial charge in [0.05, 0.1) is 18.8 Å². The van der Waals surface area contributed by atoms with Crippen molar-refractivity contribution in [1.82, 2.24) is 0 Å². The van der Waals surface area contributed by atoms with Crippen LogP contribution in [0.1, 0.15) is 22.2 Å². The van der Waals surface area contributed by atoms with Gasteiger partial charge in [-0.1, -0.05) is 44.0 Å². The minimum Gasteiger partial charge on any atom is -0.454 e. The van der Waals surface area contributed by atoms with Crippen molar-refractivity contribution >= 4 is 37.8 Å². The summed E-state index contributed by atoms with van der Waals surface area (Å²) in [6, 6.07) is 14.8. The van der Waals surface area contributed by atoms with Crippen molar-refractivity contribution in [3.63, 3.8) is 0 Å². The topological polar surface area (TPSA) is 44.8 Å². The number of carbonyl (C=O) groups is 1. The molecule has 0 N–H and O–H groups in total. The van der Waals surface area contributed by atoms with E-state index in [-0.39, 0.29) is 5.97 Å². The monoisotopic (exact) mass is 440 g/mol. The van der Waals surface area contributed by atoms with Crippen LogP contribution in [0.4, 0.5) is 0 Å². The Labute approximate surface area is 151 Å². The molecule has 3 rings (SSSR count). The highest BCUT2D eigenvalue weighted by atomic mass is 79.9. The zero-order chi connectivity index (χ0) is 16.2. The predicted molar refractivity (Wildman–Crippen MR) is 92.1 cm³/mol. The van der Waals surface area contributed by atoms with Crippen LogP contribution in [0, 0.1) is 0 Å². The molecule has 1 fully saturated rings. The van der Waals surface area contributed by atoms with Crippen LogP contribution in [0.5, 0.6) is 0 Å². The fraction of sp³-hybridized carbons (Fsp3) is 0.235. The molecule has 4 nitrogen and oxygen atoms in total. The summed E-state index contributed by atoms with van der Waals surface area (Å²) < 4.78 is 18.6. The molecule has 2 aromatic carbocycles. The number of hydrogen-bond acceptors (Lipinski definition) is 4. The average Bonchev–Trinajstić information content (AvgIpc) is 2.57. The molecule has 6 heteroatoms. The zero-order valence-corrected chi connectivity index (χ0v) is 15.2. The Bertz CT molecular complexity index is 662. The van der Waals surface area contributed by atoms with Crippen molar-refractivity contribution in [2.45, 2.75) is 12.4 Å². The van der Waals surface area contributed by atoms with Crippen LogP contribution in [0.15, 0.2) is 57.5 Å². The summed E-state index contributed by atoms with van der Waals surface area (Å²) in [7, 11) is 0. The number of hydrogen-bond donors (Lipinski definition) is 0. The molecule has 0 radical (unpaired) electrons. The summed E-state index contributed by atoms with van der Waals surface area (Å²) in [6.45, 7) is 0.617. The highest BCUT2D eigenvalue weighted by Gasteiger charge is 2.26. The fourth-order valence-electron chi connectivity index (χ4n) is 2.17. The van der Waals surface area contributed by atoms with Gasteiger partial charge in [0.15, 0.2) is 6.29 Å². The van der Waals surface area contributed by atoms with Gasteiger partial charge in [0.1, 0.15) is 6.10 Å². The third-order valence-corrected chi connectivity index (χ3v) is 4.42. The lowest BCUT2D eigenvalue weighted by atomic mass is 10.2. The van der Waals surface area contributed by atoms with Gasteiger partial charge in [-0.25, -0.2) is 4.79 Å². The summed E-state index contributed by atoms with van der Waals surface area (Å²) in [5.41, 5.74) is 1.44. The Morgan fingerprint density at radius 2 is 1.43 bits per heavy atom. The van der Waals surface area contributed by atoms with E-state index in [1.54, 1.807) is 24.3 Å². The van der Waals surface area contributed by atoms with Gasteiger partial charge in [-0.05, 0) is 36.4 Å². The minimum absolute atomic E-state index is 0.309. The molecule has 0 bridgehead atoms. The highest BCUT2D eigenvalue weighted by molar-refractivity contribution is 9.10. The second kappa shape index (κ2) is 7.57. The van der Waals surface area contributed by atoms with Gasteiger partial charge in [-0.3, -0.25) is 0 Å². The first-order valence-corrected chi connectivity index (χ1v) is 8.65. The van der Waals surface area contributed by atoms with Crippen LogP contribution in [0.25, 0.3) is 0 Å². The maximum absolute atomic E-state index is 12.1. The number of esters is 1. The van der Waals surface area contributed by atoms with E-state index in [9.17, 15) is 4.79 Å². The number of ether oxygens (including phenoxy) is 3. The molecular formula is C17H14Br2O4. The van der Waals surface area contributed by atoms with Crippen LogP contribution >= 0.6 is 31.9 Å². The summed E-state index contributed by atoms with van der Waals surface area (Å²) in [6.07, 6.45) is -0.830. The number of carbonyl (C=O) groups excluding carboxylic acids is 1. The van der Waals surface area contributed by atoms with Gasteiger partial charge in [0, 0.05) is 14.5 Å². The molecule has 120 valence electrons. The van der Waals surface area contributed by atoms with Gasteiger partial charge in [-0.15, -0.1) is 0 Å². The van der Waals surface area contributed by atoms with E-state index in [1.807, 2.05) is 24.3 Å². The Morgan fingerprint density at radius 3 is 2.00 bits per heavy atom. The van der Waals surface area contributed by atoms with E-state index in [4.69, 9.17) is 14.2 Å². The van der Waals surface area contributed by atoms with Crippen molar-refractivity contribution in [3.05, 3.63) is 68.6 Å². The molecule has 0 spiro atoms. The third kappa shape index (κ3) is 4.41. The smallest absolute Gasteiger partial charge is 0.338 e. The SMILES string of the molecule is O=C(OC1COC(c2ccc(Br)cc2)OC1)c1ccc(Br)cc1. The summed E-state index contributed by atoms with van der Waals surface area (Å²) in [5, 5.41) is 0. The Hall–Kier alpha value is -1.21. The molecule has 0 aliphatic carbocycles. The Morgan fingerprint density at radius 1 is 0.913 bits per heavy atom. The van der Waals surface area contributed by atoms with Gasteiger partial charge >= 0.3 is 5.97 Å². The van der Waals surface area contributed by atoms with Crippen molar-refractivity contribution in [2.24, 2.45) is 0 Å². The number of halogens is 2. The lowest BCUT2D eigenvalue weighted by molar-refractivity contribution is -0.220. The quantitative estimate of drug-likeness (QED) is 0.658. The summed E-state index contributed by atoms with van der Waals surface area (Å²) >= 11 is 6.72. The minimum atomic E-state index is -0.425. The molecule has 1 aliphatic rings. The molecular weight excluding hydrogens is 428 g/mol. The lowest BCUT2D eigenvalue weighted by Crippen LogP contribution is -2.35. The molecule has 0 atom stereocenters. The van der Waals surface area contributed by atoms with Gasteiger partial charge in [-0.2, -0.15) is 0 Å². The van der Waals surface area contributed by atoms with Crippen molar-refractivity contribution in [2.75, 3.05) is 13.2 Å². The fourth-order valence-corrected chi connectivity index (χ4v) is 2.70. The van der Waals surface area contributed by atoms with Crippen LogP contribution in [-0.2, 0) is 14.2 Å². The van der Waals surface area contributed by atoms with Crippen LogP contribution in [0.2, 0.25) is 0 Å². The first-order valence-electron chi connectivity index (χ1n) is 7.07. The molecule has 1 saturated heterocycles. The largest absolute Gasteiger partial charge is 0.454 e. The van der Waals surface area contributed by atoms with Crippen molar-refractivity contribution < 1.29 is 19.0 Å². The lowest BCUT2D eigenvalue weighted by Gasteiger charge is -2.29.